The first kappa shape index (κ1) is 19.8. The Balaban J connectivity index is 1.84. The van der Waals surface area contributed by atoms with Crippen LogP contribution in [-0.4, -0.2) is 18.4 Å². The molecule has 1 aromatic carbocycles. The summed E-state index contributed by atoms with van der Waals surface area (Å²) in [6.07, 6.45) is -3.69. The van der Waals surface area contributed by atoms with Gasteiger partial charge >= 0.3 is 6.18 Å². The Morgan fingerprint density at radius 2 is 1.92 bits per heavy atom. The van der Waals surface area contributed by atoms with Gasteiger partial charge in [-0.25, -0.2) is 0 Å². The van der Waals surface area contributed by atoms with Crippen molar-refractivity contribution in [2.75, 3.05) is 6.61 Å². The van der Waals surface area contributed by atoms with E-state index in [-0.39, 0.29) is 5.75 Å². The minimum atomic E-state index is -4.49. The molecule has 1 heterocycles. The third kappa shape index (κ3) is 5.22. The van der Waals surface area contributed by atoms with Crippen LogP contribution in [0.2, 0.25) is 0 Å². The van der Waals surface area contributed by atoms with Crippen LogP contribution in [-0.2, 0) is 17.4 Å². The number of hydrogen-bond acceptors (Lipinski definition) is 4. The Labute approximate surface area is 152 Å². The number of carbonyl (C=O) groups excluding carboxylic acids is 2. The lowest BCUT2D eigenvalue weighted by Gasteiger charge is -2.10. The average Bonchev–Trinajstić information content (AvgIpc) is 2.98. The molecule has 2 rings (SSSR count). The standard InChI is InChI=1S/C17H17F3N2O3S/c1-3-13-10(2)7-14(26-13)16(24)22-21-15(23)9-25-12-6-4-5-11(8-12)17(18,19)20/h4-8H,3,9H2,1-2H3,(H,21,23)(H,22,24). The van der Waals surface area contributed by atoms with Gasteiger partial charge in [0.2, 0.25) is 0 Å². The third-order valence-corrected chi connectivity index (χ3v) is 4.79. The zero-order valence-electron chi connectivity index (χ0n) is 14.1. The predicted octanol–water partition coefficient (Wildman–Crippen LogP) is 3.48. The van der Waals surface area contributed by atoms with E-state index in [1.54, 1.807) is 6.07 Å². The van der Waals surface area contributed by atoms with Crippen LogP contribution in [0.3, 0.4) is 0 Å². The highest BCUT2D eigenvalue weighted by atomic mass is 32.1. The highest BCUT2D eigenvalue weighted by Crippen LogP contribution is 2.31. The minimum absolute atomic E-state index is 0.0947. The molecule has 1 aromatic heterocycles. The summed E-state index contributed by atoms with van der Waals surface area (Å²) in [6.45, 7) is 3.34. The van der Waals surface area contributed by atoms with E-state index >= 15 is 0 Å². The van der Waals surface area contributed by atoms with E-state index in [1.165, 1.54) is 23.5 Å². The Hall–Kier alpha value is -2.55. The van der Waals surface area contributed by atoms with Gasteiger partial charge in [-0.15, -0.1) is 11.3 Å². The monoisotopic (exact) mass is 386 g/mol. The normalized spacial score (nSPS) is 11.1. The lowest BCUT2D eigenvalue weighted by molar-refractivity contribution is -0.137. The van der Waals surface area contributed by atoms with Crippen molar-refractivity contribution < 1.29 is 27.5 Å². The van der Waals surface area contributed by atoms with Crippen molar-refractivity contribution in [1.29, 1.82) is 0 Å². The topological polar surface area (TPSA) is 67.4 Å². The van der Waals surface area contributed by atoms with Crippen molar-refractivity contribution in [3.05, 3.63) is 51.2 Å². The van der Waals surface area contributed by atoms with Gasteiger partial charge in [0.15, 0.2) is 6.61 Å². The van der Waals surface area contributed by atoms with E-state index in [2.05, 4.69) is 10.9 Å². The summed E-state index contributed by atoms with van der Waals surface area (Å²) in [7, 11) is 0. The molecule has 0 aliphatic rings. The van der Waals surface area contributed by atoms with Gasteiger partial charge in [-0.05, 0) is 43.2 Å². The van der Waals surface area contributed by atoms with Crippen molar-refractivity contribution in [1.82, 2.24) is 10.9 Å². The molecule has 2 amide bonds. The number of rotatable bonds is 5. The van der Waals surface area contributed by atoms with E-state index < -0.39 is 30.2 Å². The largest absolute Gasteiger partial charge is 0.484 e. The number of alkyl halides is 3. The Bertz CT molecular complexity index is 803. The van der Waals surface area contributed by atoms with Crippen molar-refractivity contribution in [2.24, 2.45) is 0 Å². The number of halogens is 3. The molecule has 0 fully saturated rings. The van der Waals surface area contributed by atoms with Crippen LogP contribution < -0.4 is 15.6 Å². The molecule has 2 N–H and O–H groups in total. The summed E-state index contributed by atoms with van der Waals surface area (Å²) in [5.41, 5.74) is 4.54. The van der Waals surface area contributed by atoms with Crippen LogP contribution >= 0.6 is 11.3 Å². The molecule has 140 valence electrons. The van der Waals surface area contributed by atoms with Crippen LogP contribution in [0.1, 0.15) is 32.6 Å². The van der Waals surface area contributed by atoms with E-state index in [9.17, 15) is 22.8 Å². The fraction of sp³-hybridized carbons (Fsp3) is 0.294. The van der Waals surface area contributed by atoms with Crippen molar-refractivity contribution >= 4 is 23.2 Å². The highest BCUT2D eigenvalue weighted by Gasteiger charge is 2.30. The van der Waals surface area contributed by atoms with Crippen LogP contribution in [0.15, 0.2) is 30.3 Å². The van der Waals surface area contributed by atoms with Gasteiger partial charge in [0.05, 0.1) is 10.4 Å². The number of aryl methyl sites for hydroxylation is 2. The number of amides is 2. The molecule has 9 heteroatoms. The maximum Gasteiger partial charge on any atom is 0.416 e. The predicted molar refractivity (Wildman–Crippen MR) is 91.0 cm³/mol. The average molecular weight is 386 g/mol. The summed E-state index contributed by atoms with van der Waals surface area (Å²) in [6, 6.07) is 5.92. The first-order valence-electron chi connectivity index (χ1n) is 7.69. The maximum absolute atomic E-state index is 12.6. The maximum atomic E-state index is 12.6. The van der Waals surface area contributed by atoms with Gasteiger partial charge in [0, 0.05) is 4.88 Å². The van der Waals surface area contributed by atoms with Gasteiger partial charge in [-0.2, -0.15) is 13.2 Å². The molecule has 0 atom stereocenters. The second-order valence-electron chi connectivity index (χ2n) is 5.39. The molecule has 0 aliphatic heterocycles. The zero-order valence-corrected chi connectivity index (χ0v) is 14.9. The van der Waals surface area contributed by atoms with Crippen molar-refractivity contribution in [2.45, 2.75) is 26.4 Å². The Kier molecular flexibility index (Phi) is 6.25. The lowest BCUT2D eigenvalue weighted by atomic mass is 10.2. The van der Waals surface area contributed by atoms with Crippen LogP contribution in [0, 0.1) is 6.92 Å². The molecule has 0 aliphatic carbocycles. The van der Waals surface area contributed by atoms with Crippen LogP contribution in [0.4, 0.5) is 13.2 Å². The zero-order chi connectivity index (χ0) is 19.3. The number of carbonyl (C=O) groups is 2. The number of ether oxygens (including phenoxy) is 1. The molecule has 5 nitrogen and oxygen atoms in total. The van der Waals surface area contributed by atoms with Gasteiger partial charge in [0.25, 0.3) is 11.8 Å². The molecule has 0 saturated carbocycles. The van der Waals surface area contributed by atoms with Crippen LogP contribution in [0.5, 0.6) is 5.75 Å². The van der Waals surface area contributed by atoms with Gasteiger partial charge in [-0.1, -0.05) is 13.0 Å². The summed E-state index contributed by atoms with van der Waals surface area (Å²) in [4.78, 5) is 25.2. The molecule has 0 radical (unpaired) electrons. The molecule has 2 aromatic rings. The van der Waals surface area contributed by atoms with E-state index in [1.807, 2.05) is 13.8 Å². The van der Waals surface area contributed by atoms with Crippen LogP contribution in [0.25, 0.3) is 0 Å². The highest BCUT2D eigenvalue weighted by molar-refractivity contribution is 7.14. The summed E-state index contributed by atoms with van der Waals surface area (Å²) < 4.78 is 42.9. The first-order valence-corrected chi connectivity index (χ1v) is 8.51. The summed E-state index contributed by atoms with van der Waals surface area (Å²) >= 11 is 1.33. The molecular weight excluding hydrogens is 369 g/mol. The molecule has 0 saturated heterocycles. The SMILES string of the molecule is CCc1sc(C(=O)NNC(=O)COc2cccc(C(F)(F)F)c2)cc1C. The Morgan fingerprint density at radius 3 is 2.54 bits per heavy atom. The number of hydrogen-bond donors (Lipinski definition) is 2. The van der Waals surface area contributed by atoms with Crippen molar-refractivity contribution in [3.8, 4) is 5.75 Å². The Morgan fingerprint density at radius 1 is 1.19 bits per heavy atom. The number of hydrazine groups is 1. The van der Waals surface area contributed by atoms with Gasteiger partial charge in [0.1, 0.15) is 5.75 Å². The molecule has 26 heavy (non-hydrogen) atoms. The second kappa shape index (κ2) is 8.22. The fourth-order valence-electron chi connectivity index (χ4n) is 2.12. The number of nitrogens with one attached hydrogen (secondary N) is 2. The second-order valence-corrected chi connectivity index (χ2v) is 6.52. The minimum Gasteiger partial charge on any atom is -0.484 e. The smallest absolute Gasteiger partial charge is 0.416 e. The van der Waals surface area contributed by atoms with Gasteiger partial charge in [-0.3, -0.25) is 20.4 Å². The van der Waals surface area contributed by atoms with E-state index in [0.29, 0.717) is 4.88 Å². The lowest BCUT2D eigenvalue weighted by Crippen LogP contribution is -2.43. The summed E-state index contributed by atoms with van der Waals surface area (Å²) in [5, 5.41) is 0. The van der Waals surface area contributed by atoms with Gasteiger partial charge < -0.3 is 4.74 Å². The molecular formula is C17H17F3N2O3S. The summed E-state index contributed by atoms with van der Waals surface area (Å²) in [5.74, 6) is -1.26. The number of thiophene rings is 1. The van der Waals surface area contributed by atoms with E-state index in [4.69, 9.17) is 4.74 Å². The molecule has 0 spiro atoms. The number of benzene rings is 1. The third-order valence-electron chi connectivity index (χ3n) is 3.41. The fourth-order valence-corrected chi connectivity index (χ4v) is 3.13. The quantitative estimate of drug-likeness (QED) is 0.774. The van der Waals surface area contributed by atoms with E-state index in [0.717, 1.165) is 29.0 Å². The first-order chi connectivity index (χ1) is 12.2. The van der Waals surface area contributed by atoms with Crippen molar-refractivity contribution in [3.63, 3.8) is 0 Å². The molecule has 0 bridgehead atoms. The molecule has 0 unspecified atom stereocenters.